The fraction of sp³-hybridized carbons (Fsp3) is 0.407. The lowest BCUT2D eigenvalue weighted by molar-refractivity contribution is -0.135. The van der Waals surface area contributed by atoms with Gasteiger partial charge in [0.15, 0.2) is 23.0 Å². The number of carbonyl (C=O) groups is 2. The highest BCUT2D eigenvalue weighted by Crippen LogP contribution is 2.28. The molecule has 0 aliphatic carbocycles. The van der Waals surface area contributed by atoms with Gasteiger partial charge >= 0.3 is 0 Å². The number of hydrazone groups is 2. The molecule has 10 heteroatoms. The highest BCUT2D eigenvalue weighted by atomic mass is 16.5. The average molecular weight is 513 g/mol. The third-order valence-corrected chi connectivity index (χ3v) is 5.23. The third-order valence-electron chi connectivity index (χ3n) is 5.23. The maximum absolute atomic E-state index is 12.7. The van der Waals surface area contributed by atoms with Crippen molar-refractivity contribution in [3.63, 3.8) is 0 Å². The van der Waals surface area contributed by atoms with Gasteiger partial charge in [0.05, 0.1) is 39.9 Å². The summed E-state index contributed by atoms with van der Waals surface area (Å²) in [6, 6.07) is 10.6. The Balaban J connectivity index is 2.03. The molecule has 2 aromatic rings. The summed E-state index contributed by atoms with van der Waals surface area (Å²) in [7, 11) is 3.10. The number of rotatable bonds is 15. The molecule has 0 aliphatic rings. The summed E-state index contributed by atoms with van der Waals surface area (Å²) < 4.78 is 21.7. The van der Waals surface area contributed by atoms with Gasteiger partial charge in [0.1, 0.15) is 5.92 Å². The van der Waals surface area contributed by atoms with E-state index in [2.05, 4.69) is 21.1 Å². The first-order valence-electron chi connectivity index (χ1n) is 12.2. The van der Waals surface area contributed by atoms with E-state index in [0.29, 0.717) is 60.2 Å². The van der Waals surface area contributed by atoms with Crippen LogP contribution in [0, 0.1) is 5.92 Å². The molecule has 2 rings (SSSR count). The fourth-order valence-corrected chi connectivity index (χ4v) is 3.36. The number of hydrogen-bond donors (Lipinski definition) is 2. The van der Waals surface area contributed by atoms with E-state index in [1.807, 2.05) is 20.8 Å². The predicted octanol–water partition coefficient (Wildman–Crippen LogP) is 3.91. The molecule has 200 valence electrons. The number of methoxy groups -OCH3 is 2. The number of carbonyl (C=O) groups excluding carboxylic acids is 2. The van der Waals surface area contributed by atoms with Gasteiger partial charge in [0.2, 0.25) is 0 Å². The van der Waals surface area contributed by atoms with Crippen molar-refractivity contribution in [2.45, 2.75) is 40.0 Å². The van der Waals surface area contributed by atoms with Gasteiger partial charge in [0.25, 0.3) is 11.8 Å². The maximum atomic E-state index is 12.7. The smallest absolute Gasteiger partial charge is 0.252 e. The minimum absolute atomic E-state index is 0.368. The Morgan fingerprint density at radius 2 is 1.24 bits per heavy atom. The summed E-state index contributed by atoms with van der Waals surface area (Å²) in [5.74, 6) is 0.370. The number of benzene rings is 2. The molecule has 0 atom stereocenters. The molecule has 2 aromatic carbocycles. The van der Waals surface area contributed by atoms with E-state index in [4.69, 9.17) is 18.9 Å². The van der Waals surface area contributed by atoms with Crippen LogP contribution in [0.15, 0.2) is 46.6 Å². The molecule has 0 unspecified atom stereocenters. The summed E-state index contributed by atoms with van der Waals surface area (Å²) in [5, 5.41) is 8.02. The summed E-state index contributed by atoms with van der Waals surface area (Å²) in [6.45, 7) is 6.79. The second-order valence-electron chi connectivity index (χ2n) is 7.85. The molecule has 0 aromatic heterocycles. The van der Waals surface area contributed by atoms with E-state index in [1.165, 1.54) is 12.4 Å². The number of ether oxygens (including phenoxy) is 4. The number of nitrogens with one attached hydrogen (secondary N) is 2. The minimum atomic E-state index is -0.945. The zero-order valence-electron chi connectivity index (χ0n) is 22.1. The summed E-state index contributed by atoms with van der Waals surface area (Å²) in [4.78, 5) is 25.5. The number of nitrogens with zero attached hydrogens (tertiary/aromatic N) is 2. The molecule has 2 amide bonds. The highest BCUT2D eigenvalue weighted by molar-refractivity contribution is 6.00. The quantitative estimate of drug-likeness (QED) is 0.212. The highest BCUT2D eigenvalue weighted by Gasteiger charge is 2.25. The van der Waals surface area contributed by atoms with Crippen LogP contribution in [0.4, 0.5) is 0 Å². The molecular weight excluding hydrogens is 476 g/mol. The Morgan fingerprint density at radius 3 is 1.62 bits per heavy atom. The van der Waals surface area contributed by atoms with Crippen LogP contribution in [0.3, 0.4) is 0 Å². The molecule has 37 heavy (non-hydrogen) atoms. The van der Waals surface area contributed by atoms with Gasteiger partial charge in [-0.2, -0.15) is 10.2 Å². The molecule has 0 saturated heterocycles. The molecule has 10 nitrogen and oxygen atoms in total. The lowest BCUT2D eigenvalue weighted by Crippen LogP contribution is -2.38. The zero-order chi connectivity index (χ0) is 27.0. The van der Waals surface area contributed by atoms with Crippen molar-refractivity contribution < 1.29 is 28.5 Å². The Labute approximate surface area is 218 Å². The van der Waals surface area contributed by atoms with Crippen molar-refractivity contribution in [1.29, 1.82) is 0 Å². The first-order valence-corrected chi connectivity index (χ1v) is 12.2. The van der Waals surface area contributed by atoms with Crippen LogP contribution >= 0.6 is 0 Å². The Morgan fingerprint density at radius 1 is 0.784 bits per heavy atom. The van der Waals surface area contributed by atoms with Crippen LogP contribution in [-0.4, -0.2) is 51.7 Å². The lowest BCUT2D eigenvalue weighted by Gasteiger charge is -2.13. The maximum Gasteiger partial charge on any atom is 0.252 e. The first kappa shape index (κ1) is 29.2. The molecule has 0 bridgehead atoms. The van der Waals surface area contributed by atoms with Crippen LogP contribution in [0.2, 0.25) is 0 Å². The lowest BCUT2D eigenvalue weighted by atomic mass is 10.0. The summed E-state index contributed by atoms with van der Waals surface area (Å²) in [5.41, 5.74) is 6.31. The van der Waals surface area contributed by atoms with Crippen LogP contribution in [0.25, 0.3) is 0 Å². The zero-order valence-corrected chi connectivity index (χ0v) is 22.1. The van der Waals surface area contributed by atoms with Crippen LogP contribution in [-0.2, 0) is 9.59 Å². The van der Waals surface area contributed by atoms with Gasteiger partial charge in [0, 0.05) is 0 Å². The van der Waals surface area contributed by atoms with Crippen LogP contribution in [0.5, 0.6) is 23.0 Å². The first-order chi connectivity index (χ1) is 18.0. The van der Waals surface area contributed by atoms with Crippen molar-refractivity contribution in [2.24, 2.45) is 16.1 Å². The number of amides is 2. The van der Waals surface area contributed by atoms with E-state index in [1.54, 1.807) is 50.6 Å². The van der Waals surface area contributed by atoms with E-state index in [9.17, 15) is 9.59 Å². The SMILES string of the molecule is CCCCC(C(=O)NN=Cc1ccc(OCC)c(OC)c1)C(=O)NN=Cc1ccc(OCC)c(OC)c1. The van der Waals surface area contributed by atoms with Gasteiger partial charge < -0.3 is 18.9 Å². The normalized spacial score (nSPS) is 11.8. The third kappa shape index (κ3) is 9.14. The van der Waals surface area contributed by atoms with Crippen molar-refractivity contribution in [1.82, 2.24) is 10.9 Å². The van der Waals surface area contributed by atoms with E-state index in [0.717, 1.165) is 6.42 Å². The molecule has 0 saturated carbocycles. The fourth-order valence-electron chi connectivity index (χ4n) is 3.36. The van der Waals surface area contributed by atoms with Gasteiger partial charge in [-0.25, -0.2) is 10.9 Å². The molecular formula is C27H36N4O6. The molecule has 0 fully saturated rings. The molecule has 0 aliphatic heterocycles. The second kappa shape index (κ2) is 15.8. The molecule has 0 spiro atoms. The van der Waals surface area contributed by atoms with Crippen LogP contribution in [0.1, 0.15) is 51.2 Å². The van der Waals surface area contributed by atoms with E-state index < -0.39 is 17.7 Å². The summed E-state index contributed by atoms with van der Waals surface area (Å²) >= 11 is 0. The standard InChI is InChI=1S/C27H36N4O6/c1-6-9-10-21(26(32)30-28-17-19-11-13-22(36-7-2)24(15-19)34-4)27(33)31-29-18-20-12-14-23(37-8-3)25(16-20)35-5/h11-18,21H,6-10H2,1-5H3,(H,30,32)(H,31,33). The predicted molar refractivity (Wildman–Crippen MR) is 143 cm³/mol. The van der Waals surface area contributed by atoms with Gasteiger partial charge in [-0.1, -0.05) is 19.8 Å². The van der Waals surface area contributed by atoms with E-state index in [-0.39, 0.29) is 0 Å². The Kier molecular flexibility index (Phi) is 12.5. The van der Waals surface area contributed by atoms with Gasteiger partial charge in [-0.3, -0.25) is 9.59 Å². The topological polar surface area (TPSA) is 120 Å². The number of unbranched alkanes of at least 4 members (excludes halogenated alkanes) is 1. The Bertz CT molecular complexity index is 1010. The van der Waals surface area contributed by atoms with Gasteiger partial charge in [-0.15, -0.1) is 0 Å². The molecule has 2 N–H and O–H groups in total. The monoisotopic (exact) mass is 512 g/mol. The Hall–Kier alpha value is -4.08. The van der Waals surface area contributed by atoms with Crippen molar-refractivity contribution >= 4 is 24.2 Å². The number of hydrogen-bond acceptors (Lipinski definition) is 8. The summed E-state index contributed by atoms with van der Waals surface area (Å²) in [6.07, 6.45) is 4.85. The minimum Gasteiger partial charge on any atom is -0.493 e. The van der Waals surface area contributed by atoms with Crippen LogP contribution < -0.4 is 29.8 Å². The largest absolute Gasteiger partial charge is 0.493 e. The molecule has 0 heterocycles. The average Bonchev–Trinajstić information content (AvgIpc) is 2.90. The molecule has 0 radical (unpaired) electrons. The van der Waals surface area contributed by atoms with Crippen molar-refractivity contribution in [3.05, 3.63) is 47.5 Å². The van der Waals surface area contributed by atoms with Crippen molar-refractivity contribution in [2.75, 3.05) is 27.4 Å². The van der Waals surface area contributed by atoms with Crippen molar-refractivity contribution in [3.8, 4) is 23.0 Å². The van der Waals surface area contributed by atoms with E-state index >= 15 is 0 Å². The van der Waals surface area contributed by atoms with Gasteiger partial charge in [-0.05, 0) is 67.8 Å². The second-order valence-corrected chi connectivity index (χ2v) is 7.85.